The van der Waals surface area contributed by atoms with Crippen molar-refractivity contribution in [3.8, 4) is 0 Å². The Balaban J connectivity index is 1.89. The minimum Gasteiger partial charge on any atom is -0.375 e. The molecule has 0 radical (unpaired) electrons. The van der Waals surface area contributed by atoms with Crippen molar-refractivity contribution in [3.63, 3.8) is 0 Å². The van der Waals surface area contributed by atoms with Gasteiger partial charge in [-0.2, -0.15) is 0 Å². The fourth-order valence-corrected chi connectivity index (χ4v) is 2.33. The Morgan fingerprint density at radius 3 is 2.85 bits per heavy atom. The largest absolute Gasteiger partial charge is 0.375 e. The van der Waals surface area contributed by atoms with Gasteiger partial charge in [-0.25, -0.2) is 0 Å². The van der Waals surface area contributed by atoms with Gasteiger partial charge in [0.15, 0.2) is 5.96 Å². The SMILES string of the molecule is CN=C(NCC(OC)c1cccc(Cl)c1)NC1CC1C. The predicted octanol–water partition coefficient (Wildman–Crippen LogP) is 2.60. The number of hydrogen-bond acceptors (Lipinski definition) is 2. The van der Waals surface area contributed by atoms with E-state index < -0.39 is 0 Å². The first-order valence-corrected chi connectivity index (χ1v) is 7.27. The number of guanidine groups is 1. The summed E-state index contributed by atoms with van der Waals surface area (Å²) in [6, 6.07) is 8.29. The van der Waals surface area contributed by atoms with Gasteiger partial charge in [0.1, 0.15) is 0 Å². The zero-order chi connectivity index (χ0) is 14.5. The van der Waals surface area contributed by atoms with Crippen LogP contribution in [0.4, 0.5) is 0 Å². The first-order valence-electron chi connectivity index (χ1n) is 6.89. The Kier molecular flexibility index (Phi) is 5.26. The highest BCUT2D eigenvalue weighted by atomic mass is 35.5. The van der Waals surface area contributed by atoms with Crippen LogP contribution in [0.25, 0.3) is 0 Å². The van der Waals surface area contributed by atoms with Crippen molar-refractivity contribution in [2.45, 2.75) is 25.5 Å². The first-order chi connectivity index (χ1) is 9.63. The molecule has 1 aliphatic carbocycles. The molecule has 4 nitrogen and oxygen atoms in total. The van der Waals surface area contributed by atoms with Crippen molar-refractivity contribution in [2.75, 3.05) is 20.7 Å². The minimum absolute atomic E-state index is 0.0520. The summed E-state index contributed by atoms with van der Waals surface area (Å²) in [6.45, 7) is 2.88. The smallest absolute Gasteiger partial charge is 0.191 e. The number of aliphatic imine (C=N–C) groups is 1. The maximum absolute atomic E-state index is 6.02. The van der Waals surface area contributed by atoms with Crippen LogP contribution < -0.4 is 10.6 Å². The molecule has 0 bridgehead atoms. The van der Waals surface area contributed by atoms with Crippen LogP contribution in [0.5, 0.6) is 0 Å². The highest BCUT2D eigenvalue weighted by Crippen LogP contribution is 2.28. The second-order valence-electron chi connectivity index (χ2n) is 5.20. The molecular formula is C15H22ClN3O. The van der Waals surface area contributed by atoms with Gasteiger partial charge in [0.2, 0.25) is 0 Å². The van der Waals surface area contributed by atoms with Crippen molar-refractivity contribution in [1.82, 2.24) is 10.6 Å². The standard InChI is InChI=1S/C15H22ClN3O/c1-10-7-13(10)19-15(17-2)18-9-14(20-3)11-5-4-6-12(16)8-11/h4-6,8,10,13-14H,7,9H2,1-3H3,(H2,17,18,19). The van der Waals surface area contributed by atoms with Crippen LogP contribution in [-0.4, -0.2) is 32.7 Å². The van der Waals surface area contributed by atoms with E-state index in [9.17, 15) is 0 Å². The van der Waals surface area contributed by atoms with Gasteiger partial charge in [0.05, 0.1) is 6.10 Å². The number of hydrogen-bond donors (Lipinski definition) is 2. The quantitative estimate of drug-likeness (QED) is 0.648. The summed E-state index contributed by atoms with van der Waals surface area (Å²) in [5, 5.41) is 7.41. The van der Waals surface area contributed by atoms with Gasteiger partial charge < -0.3 is 15.4 Å². The van der Waals surface area contributed by atoms with Gasteiger partial charge in [-0.1, -0.05) is 30.7 Å². The highest BCUT2D eigenvalue weighted by molar-refractivity contribution is 6.30. The molecule has 1 aromatic carbocycles. The first kappa shape index (κ1) is 15.1. The van der Waals surface area contributed by atoms with Crippen molar-refractivity contribution in [2.24, 2.45) is 10.9 Å². The van der Waals surface area contributed by atoms with Gasteiger partial charge in [0.25, 0.3) is 0 Å². The lowest BCUT2D eigenvalue weighted by molar-refractivity contribution is 0.106. The second kappa shape index (κ2) is 6.95. The van der Waals surface area contributed by atoms with E-state index in [-0.39, 0.29) is 6.10 Å². The van der Waals surface area contributed by atoms with E-state index in [0.717, 1.165) is 22.5 Å². The van der Waals surface area contributed by atoms with Gasteiger partial charge >= 0.3 is 0 Å². The lowest BCUT2D eigenvalue weighted by atomic mass is 10.1. The van der Waals surface area contributed by atoms with Crippen LogP contribution in [0.3, 0.4) is 0 Å². The van der Waals surface area contributed by atoms with E-state index in [1.165, 1.54) is 6.42 Å². The predicted molar refractivity (Wildman–Crippen MR) is 83.3 cm³/mol. The summed E-state index contributed by atoms with van der Waals surface area (Å²) < 4.78 is 5.52. The van der Waals surface area contributed by atoms with Gasteiger partial charge in [0, 0.05) is 31.8 Å². The van der Waals surface area contributed by atoms with Gasteiger partial charge in [-0.05, 0) is 30.0 Å². The lowest BCUT2D eigenvalue weighted by Crippen LogP contribution is -2.41. The summed E-state index contributed by atoms with van der Waals surface area (Å²) in [7, 11) is 3.48. The van der Waals surface area contributed by atoms with E-state index >= 15 is 0 Å². The molecule has 5 heteroatoms. The topological polar surface area (TPSA) is 45.7 Å². The van der Waals surface area contributed by atoms with Crippen molar-refractivity contribution < 1.29 is 4.74 Å². The van der Waals surface area contributed by atoms with Crippen LogP contribution in [0, 0.1) is 5.92 Å². The number of methoxy groups -OCH3 is 1. The summed E-state index contributed by atoms with van der Waals surface area (Å²) in [5.74, 6) is 1.56. The monoisotopic (exact) mass is 295 g/mol. The van der Waals surface area contributed by atoms with Crippen LogP contribution >= 0.6 is 11.6 Å². The lowest BCUT2D eigenvalue weighted by Gasteiger charge is -2.19. The average molecular weight is 296 g/mol. The van der Waals surface area contributed by atoms with Crippen molar-refractivity contribution >= 4 is 17.6 Å². The van der Waals surface area contributed by atoms with Crippen LogP contribution in [-0.2, 0) is 4.74 Å². The zero-order valence-electron chi connectivity index (χ0n) is 12.2. The molecule has 0 aromatic heterocycles. The molecule has 1 aromatic rings. The maximum atomic E-state index is 6.02. The molecule has 2 N–H and O–H groups in total. The average Bonchev–Trinajstić information content (AvgIpc) is 3.13. The molecule has 0 amide bonds. The molecule has 1 aliphatic rings. The number of halogens is 1. The second-order valence-corrected chi connectivity index (χ2v) is 5.63. The van der Waals surface area contributed by atoms with E-state index in [1.54, 1.807) is 14.2 Å². The molecule has 0 saturated heterocycles. The summed E-state index contributed by atoms with van der Waals surface area (Å²) >= 11 is 6.02. The normalized spacial score (nSPS) is 23.3. The summed E-state index contributed by atoms with van der Waals surface area (Å²) in [4.78, 5) is 4.23. The van der Waals surface area contributed by atoms with Crippen LogP contribution in [0.2, 0.25) is 5.02 Å². The Hall–Kier alpha value is -1.26. The maximum Gasteiger partial charge on any atom is 0.191 e. The third-order valence-corrected chi connectivity index (χ3v) is 3.85. The molecule has 1 saturated carbocycles. The Bertz CT molecular complexity index is 478. The van der Waals surface area contributed by atoms with Crippen LogP contribution in [0.15, 0.2) is 29.3 Å². The number of nitrogens with one attached hydrogen (secondary N) is 2. The van der Waals surface area contributed by atoms with E-state index in [2.05, 4.69) is 22.5 Å². The molecular weight excluding hydrogens is 274 g/mol. The molecule has 2 rings (SSSR count). The zero-order valence-corrected chi connectivity index (χ0v) is 12.9. The van der Waals surface area contributed by atoms with Crippen LogP contribution in [0.1, 0.15) is 25.0 Å². The fourth-order valence-electron chi connectivity index (χ4n) is 2.13. The summed E-state index contributed by atoms with van der Waals surface area (Å²) in [6.07, 6.45) is 1.16. The minimum atomic E-state index is -0.0520. The van der Waals surface area contributed by atoms with Gasteiger partial charge in [-0.15, -0.1) is 0 Å². The number of ether oxygens (including phenoxy) is 1. The van der Waals surface area contributed by atoms with E-state index in [4.69, 9.17) is 16.3 Å². The fraction of sp³-hybridized carbons (Fsp3) is 0.533. The molecule has 0 heterocycles. The Morgan fingerprint density at radius 2 is 2.30 bits per heavy atom. The van der Waals surface area contributed by atoms with Gasteiger partial charge in [-0.3, -0.25) is 4.99 Å². The molecule has 110 valence electrons. The van der Waals surface area contributed by atoms with Crippen molar-refractivity contribution in [3.05, 3.63) is 34.9 Å². The third kappa shape index (κ3) is 4.12. The Labute approximate surface area is 125 Å². The molecule has 0 spiro atoms. The molecule has 1 fully saturated rings. The third-order valence-electron chi connectivity index (χ3n) is 3.62. The van der Waals surface area contributed by atoms with E-state index in [0.29, 0.717) is 12.6 Å². The highest BCUT2D eigenvalue weighted by Gasteiger charge is 2.33. The number of nitrogens with zero attached hydrogens (tertiary/aromatic N) is 1. The number of benzene rings is 1. The van der Waals surface area contributed by atoms with E-state index in [1.807, 2.05) is 24.3 Å². The molecule has 3 unspecified atom stereocenters. The molecule has 20 heavy (non-hydrogen) atoms. The number of rotatable bonds is 5. The summed E-state index contributed by atoms with van der Waals surface area (Å²) in [5.41, 5.74) is 1.06. The molecule has 0 aliphatic heterocycles. The van der Waals surface area contributed by atoms with Crippen molar-refractivity contribution in [1.29, 1.82) is 0 Å². The Morgan fingerprint density at radius 1 is 1.55 bits per heavy atom. The molecule has 3 atom stereocenters.